The highest BCUT2D eigenvalue weighted by atomic mass is 16.6. The minimum atomic E-state index is -0.786. The van der Waals surface area contributed by atoms with E-state index in [1.165, 1.54) is 205 Å². The molecule has 0 aromatic rings. The van der Waals surface area contributed by atoms with Crippen LogP contribution in [0.15, 0.2) is 72.9 Å². The Kier molecular flexibility index (Phi) is 64.7. The largest absolute Gasteiger partial charge is 0.462 e. The van der Waals surface area contributed by atoms with Crippen LogP contribution in [0.3, 0.4) is 0 Å². The molecule has 6 nitrogen and oxygen atoms in total. The molecule has 0 saturated carbocycles. The van der Waals surface area contributed by atoms with Gasteiger partial charge in [0.05, 0.1) is 0 Å². The van der Waals surface area contributed by atoms with Gasteiger partial charge in [0.15, 0.2) is 6.10 Å². The minimum Gasteiger partial charge on any atom is -0.462 e. The molecule has 79 heavy (non-hydrogen) atoms. The summed E-state index contributed by atoms with van der Waals surface area (Å²) in [4.78, 5) is 38.1. The molecule has 0 saturated heterocycles. The summed E-state index contributed by atoms with van der Waals surface area (Å²) in [5, 5.41) is 0. The predicted octanol–water partition coefficient (Wildman–Crippen LogP) is 23.7. The number of unbranched alkanes of at least 4 members (excludes halogenated alkanes) is 40. The van der Waals surface area contributed by atoms with E-state index in [9.17, 15) is 14.4 Å². The SMILES string of the molecule is CC/C=C\C/C=C\C/C=C\C/C=C\C/C=C\C/C=C\CCCCCCC(=O)OC(COC(=O)CCCCCCCCC)COC(=O)CCCCCCCCCCCCCCCCCCCCCCCCCCCCCCCCC. The Balaban J connectivity index is 4.07. The third kappa shape index (κ3) is 65.5. The Labute approximate surface area is 491 Å². The lowest BCUT2D eigenvalue weighted by molar-refractivity contribution is -0.167. The van der Waals surface area contributed by atoms with Gasteiger partial charge in [-0.2, -0.15) is 0 Å². The van der Waals surface area contributed by atoms with Crippen LogP contribution in [0.5, 0.6) is 0 Å². The number of carbonyl (C=O) groups excluding carboxylic acids is 3. The highest BCUT2D eigenvalue weighted by molar-refractivity contribution is 5.71. The van der Waals surface area contributed by atoms with E-state index in [1.807, 2.05) is 0 Å². The van der Waals surface area contributed by atoms with Gasteiger partial charge in [-0.25, -0.2) is 0 Å². The number of rotatable bonds is 63. The van der Waals surface area contributed by atoms with Gasteiger partial charge in [0.1, 0.15) is 13.2 Å². The van der Waals surface area contributed by atoms with E-state index >= 15 is 0 Å². The fourth-order valence-corrected chi connectivity index (χ4v) is 10.1. The summed E-state index contributed by atoms with van der Waals surface area (Å²) in [7, 11) is 0. The topological polar surface area (TPSA) is 78.9 Å². The summed E-state index contributed by atoms with van der Waals surface area (Å²) >= 11 is 0. The Bertz CT molecular complexity index is 1450. The Morgan fingerprint density at radius 2 is 0.494 bits per heavy atom. The van der Waals surface area contributed by atoms with E-state index in [2.05, 4.69) is 93.7 Å². The maximum absolute atomic E-state index is 12.9. The maximum atomic E-state index is 12.9. The van der Waals surface area contributed by atoms with Crippen molar-refractivity contribution in [3.05, 3.63) is 72.9 Å². The van der Waals surface area contributed by atoms with E-state index in [0.29, 0.717) is 19.3 Å². The number of hydrogen-bond donors (Lipinski definition) is 0. The van der Waals surface area contributed by atoms with Crippen LogP contribution in [0.2, 0.25) is 0 Å². The Morgan fingerprint density at radius 1 is 0.266 bits per heavy atom. The van der Waals surface area contributed by atoms with Crippen molar-refractivity contribution in [3.8, 4) is 0 Å². The lowest BCUT2D eigenvalue weighted by Gasteiger charge is -2.18. The van der Waals surface area contributed by atoms with E-state index in [-0.39, 0.29) is 31.1 Å². The van der Waals surface area contributed by atoms with E-state index in [1.54, 1.807) is 0 Å². The zero-order valence-electron chi connectivity index (χ0n) is 52.6. The summed E-state index contributed by atoms with van der Waals surface area (Å²) in [5.41, 5.74) is 0. The second kappa shape index (κ2) is 67.4. The fraction of sp³-hybridized carbons (Fsp3) is 0.795. The van der Waals surface area contributed by atoms with Crippen LogP contribution < -0.4 is 0 Å². The van der Waals surface area contributed by atoms with Crippen molar-refractivity contribution in [1.29, 1.82) is 0 Å². The van der Waals surface area contributed by atoms with Gasteiger partial charge in [-0.15, -0.1) is 0 Å². The van der Waals surface area contributed by atoms with Crippen LogP contribution >= 0.6 is 0 Å². The second-order valence-corrected chi connectivity index (χ2v) is 23.1. The fourth-order valence-electron chi connectivity index (χ4n) is 10.1. The first-order chi connectivity index (χ1) is 39.0. The smallest absolute Gasteiger partial charge is 0.306 e. The van der Waals surface area contributed by atoms with Crippen molar-refractivity contribution < 1.29 is 28.6 Å². The summed E-state index contributed by atoms with van der Waals surface area (Å²) in [6.07, 6.45) is 88.3. The van der Waals surface area contributed by atoms with Crippen LogP contribution in [-0.2, 0) is 28.6 Å². The lowest BCUT2D eigenvalue weighted by atomic mass is 10.0. The van der Waals surface area contributed by atoms with Crippen molar-refractivity contribution in [2.24, 2.45) is 0 Å². The standard InChI is InChI=1S/C73H130O6/c1-4-7-10-13-16-18-20-22-24-26-28-30-32-33-34-35-36-37-38-39-41-42-44-46-48-50-52-54-57-60-63-66-72(75)78-69-70(68-77-71(74)65-62-59-56-15-12-9-6-3)79-73(76)67-64-61-58-55-53-51-49-47-45-43-40-31-29-27-25-23-21-19-17-14-11-8-5-2/h8,11,17,19,23,25,29,31,43,45,49,51,70H,4-7,9-10,12-16,18,20-22,24,26-28,30,32-42,44,46-48,50,52-69H2,1-3H3/b11-8-,19-17-,25-23-,31-29-,45-43-,51-49-. The summed E-state index contributed by atoms with van der Waals surface area (Å²) in [5.74, 6) is -0.899. The van der Waals surface area contributed by atoms with Gasteiger partial charge in [-0.05, 0) is 70.6 Å². The first kappa shape index (κ1) is 75.8. The van der Waals surface area contributed by atoms with Crippen molar-refractivity contribution in [2.75, 3.05) is 13.2 Å². The first-order valence-corrected chi connectivity index (χ1v) is 34.4. The predicted molar refractivity (Wildman–Crippen MR) is 344 cm³/mol. The Hall–Kier alpha value is -3.15. The normalized spacial score (nSPS) is 12.5. The third-order valence-electron chi connectivity index (χ3n) is 15.2. The van der Waals surface area contributed by atoms with E-state index < -0.39 is 6.10 Å². The molecule has 1 atom stereocenters. The third-order valence-corrected chi connectivity index (χ3v) is 15.2. The molecule has 0 rings (SSSR count). The van der Waals surface area contributed by atoms with Crippen molar-refractivity contribution in [1.82, 2.24) is 0 Å². The van der Waals surface area contributed by atoms with Crippen LogP contribution in [0, 0.1) is 0 Å². The van der Waals surface area contributed by atoms with Gasteiger partial charge >= 0.3 is 17.9 Å². The Morgan fingerprint density at radius 3 is 0.772 bits per heavy atom. The van der Waals surface area contributed by atoms with Crippen LogP contribution in [-0.4, -0.2) is 37.2 Å². The molecule has 1 unspecified atom stereocenters. The van der Waals surface area contributed by atoms with Gasteiger partial charge in [0.2, 0.25) is 0 Å². The van der Waals surface area contributed by atoms with Crippen molar-refractivity contribution in [2.45, 2.75) is 361 Å². The molecule has 0 spiro atoms. The molecule has 0 fully saturated rings. The second-order valence-electron chi connectivity index (χ2n) is 23.1. The van der Waals surface area contributed by atoms with Crippen molar-refractivity contribution in [3.63, 3.8) is 0 Å². The van der Waals surface area contributed by atoms with Gasteiger partial charge in [-0.3, -0.25) is 14.4 Å². The lowest BCUT2D eigenvalue weighted by Crippen LogP contribution is -2.30. The number of esters is 3. The van der Waals surface area contributed by atoms with Gasteiger partial charge in [0.25, 0.3) is 0 Å². The van der Waals surface area contributed by atoms with Crippen LogP contribution in [0.4, 0.5) is 0 Å². The molecule has 0 radical (unpaired) electrons. The monoisotopic (exact) mass is 1100 g/mol. The molecule has 0 bridgehead atoms. The molecular formula is C73H130O6. The molecule has 0 N–H and O–H groups in total. The zero-order valence-corrected chi connectivity index (χ0v) is 52.6. The first-order valence-electron chi connectivity index (χ1n) is 34.4. The van der Waals surface area contributed by atoms with E-state index in [0.717, 1.165) is 109 Å². The average Bonchev–Trinajstić information content (AvgIpc) is 3.45. The molecule has 0 aliphatic carbocycles. The quantitative estimate of drug-likeness (QED) is 0.0261. The molecule has 0 aromatic carbocycles. The molecule has 0 aromatic heterocycles. The van der Waals surface area contributed by atoms with Gasteiger partial charge in [-0.1, -0.05) is 338 Å². The number of ether oxygens (including phenoxy) is 3. The zero-order chi connectivity index (χ0) is 57.1. The number of carbonyl (C=O) groups is 3. The molecule has 0 amide bonds. The van der Waals surface area contributed by atoms with Gasteiger partial charge < -0.3 is 14.2 Å². The van der Waals surface area contributed by atoms with Crippen LogP contribution in [0.25, 0.3) is 0 Å². The molecule has 6 heteroatoms. The highest BCUT2D eigenvalue weighted by Crippen LogP contribution is 2.18. The molecular weight excluding hydrogens is 973 g/mol. The molecule has 0 aliphatic rings. The molecule has 0 heterocycles. The van der Waals surface area contributed by atoms with E-state index in [4.69, 9.17) is 14.2 Å². The minimum absolute atomic E-state index is 0.0825. The maximum Gasteiger partial charge on any atom is 0.306 e. The summed E-state index contributed by atoms with van der Waals surface area (Å²) in [6, 6.07) is 0. The van der Waals surface area contributed by atoms with Crippen LogP contribution in [0.1, 0.15) is 355 Å². The summed E-state index contributed by atoms with van der Waals surface area (Å²) < 4.78 is 16.8. The molecule has 458 valence electrons. The summed E-state index contributed by atoms with van der Waals surface area (Å²) in [6.45, 7) is 6.51. The molecule has 0 aliphatic heterocycles. The average molecular weight is 1100 g/mol. The number of hydrogen-bond acceptors (Lipinski definition) is 6. The number of allylic oxidation sites excluding steroid dienone is 12. The van der Waals surface area contributed by atoms with Gasteiger partial charge in [0, 0.05) is 19.3 Å². The van der Waals surface area contributed by atoms with Crippen molar-refractivity contribution >= 4 is 17.9 Å². The highest BCUT2D eigenvalue weighted by Gasteiger charge is 2.19.